The normalized spacial score (nSPS) is 52.4. The summed E-state index contributed by atoms with van der Waals surface area (Å²) in [6, 6.07) is 0. The second-order valence-electron chi connectivity index (χ2n) is 9.06. The lowest BCUT2D eigenvalue weighted by Gasteiger charge is -2.58. The summed E-state index contributed by atoms with van der Waals surface area (Å²) in [5.74, 6) is 2.08. The Morgan fingerprint density at radius 2 is 1.78 bits per heavy atom. The Hall–Kier alpha value is -0.990. The maximum Gasteiger partial charge on any atom is 0.337 e. The van der Waals surface area contributed by atoms with Gasteiger partial charge < -0.3 is 10.6 Å². The Morgan fingerprint density at radius 3 is 2.52 bits per heavy atom. The van der Waals surface area contributed by atoms with Crippen LogP contribution in [0, 0.1) is 34.5 Å². The molecule has 0 spiro atoms. The molecule has 0 aliphatic heterocycles. The first-order valence-electron chi connectivity index (χ1n) is 9.35. The molecule has 4 aliphatic carbocycles. The van der Waals surface area contributed by atoms with Crippen LogP contribution < -0.4 is 0 Å². The van der Waals surface area contributed by atoms with Crippen LogP contribution >= 0.6 is 0 Å². The minimum absolute atomic E-state index is 0.0466. The summed E-state index contributed by atoms with van der Waals surface area (Å²) in [5.41, 5.74) is 10.0. The fraction of sp³-hybridized carbons (Fsp3) is 0.895. The summed E-state index contributed by atoms with van der Waals surface area (Å²) in [5, 5.41) is 10.5. The van der Waals surface area contributed by atoms with Crippen LogP contribution in [0.2, 0.25) is 0 Å². The third kappa shape index (κ3) is 1.91. The molecule has 0 aromatic carbocycles. The molecule has 4 saturated carbocycles. The number of aliphatic hydroxyl groups excluding tert-OH is 1. The number of fused-ring (bicyclic) bond motifs is 5. The zero-order valence-electron chi connectivity index (χ0n) is 14.3. The first kappa shape index (κ1) is 15.5. The van der Waals surface area contributed by atoms with Crippen LogP contribution in [0.4, 0.5) is 0 Å². The molecule has 126 valence electrons. The lowest BCUT2D eigenvalue weighted by Crippen LogP contribution is -2.56. The van der Waals surface area contributed by atoms with Gasteiger partial charge in [-0.25, -0.2) is 0 Å². The Labute approximate surface area is 138 Å². The van der Waals surface area contributed by atoms with E-state index in [9.17, 15) is 15.4 Å². The van der Waals surface area contributed by atoms with E-state index in [2.05, 4.69) is 18.6 Å². The van der Waals surface area contributed by atoms with Crippen molar-refractivity contribution in [2.75, 3.05) is 0 Å². The van der Waals surface area contributed by atoms with Gasteiger partial charge in [-0.15, -0.1) is 0 Å². The van der Waals surface area contributed by atoms with Crippen LogP contribution in [0.25, 0.3) is 5.53 Å². The zero-order valence-corrected chi connectivity index (χ0v) is 14.3. The molecule has 0 amide bonds. The summed E-state index contributed by atoms with van der Waals surface area (Å²) in [7, 11) is 0. The van der Waals surface area contributed by atoms with Gasteiger partial charge in [0.1, 0.15) is 0 Å². The van der Waals surface area contributed by atoms with E-state index in [0.717, 1.165) is 44.9 Å². The monoisotopic (exact) mass is 316 g/mol. The van der Waals surface area contributed by atoms with E-state index >= 15 is 0 Å². The fourth-order valence-corrected chi connectivity index (χ4v) is 7.07. The number of carbonyl (C=O) groups is 1. The first-order chi connectivity index (χ1) is 10.9. The maximum absolute atomic E-state index is 12.1. The smallest absolute Gasteiger partial charge is 0.337 e. The van der Waals surface area contributed by atoms with Crippen molar-refractivity contribution in [2.24, 2.45) is 34.5 Å². The van der Waals surface area contributed by atoms with E-state index in [1.54, 1.807) is 0 Å². The number of hydrogen-bond acceptors (Lipinski definition) is 2. The highest BCUT2D eigenvalue weighted by Gasteiger charge is 2.62. The molecule has 0 bridgehead atoms. The Morgan fingerprint density at radius 1 is 1.04 bits per heavy atom. The Balaban J connectivity index is 1.69. The number of Topliss-reactive ketones (excluding diaryl/α,β-unsaturated/α-hetero) is 1. The molecule has 0 radical (unpaired) electrons. The lowest BCUT2D eigenvalue weighted by atomic mass is 9.45. The number of nitrogens with zero attached hydrogens (tertiary/aromatic N) is 2. The van der Waals surface area contributed by atoms with Crippen LogP contribution in [0.1, 0.15) is 65.2 Å². The molecule has 4 nitrogen and oxygen atoms in total. The van der Waals surface area contributed by atoms with E-state index in [1.807, 2.05) is 0 Å². The zero-order chi connectivity index (χ0) is 16.4. The van der Waals surface area contributed by atoms with Gasteiger partial charge in [-0.1, -0.05) is 13.8 Å². The van der Waals surface area contributed by atoms with Gasteiger partial charge >= 0.3 is 5.71 Å². The maximum atomic E-state index is 12.1. The molecule has 0 heterocycles. The Kier molecular flexibility index (Phi) is 3.38. The van der Waals surface area contributed by atoms with Crippen molar-refractivity contribution in [3.63, 3.8) is 0 Å². The van der Waals surface area contributed by atoms with Gasteiger partial charge in [-0.3, -0.25) is 4.79 Å². The van der Waals surface area contributed by atoms with Crippen LogP contribution in [0.15, 0.2) is 0 Å². The topological polar surface area (TPSA) is 73.7 Å². The SMILES string of the molecule is C[C@]12CCC(=O)C(=[N+]=[N-])[C@@H]1CC[C@@H]1[C@@H]2CC[C@]2(C)[C@@H](O)CC[C@@H]12. The van der Waals surface area contributed by atoms with Gasteiger partial charge in [0.25, 0.3) is 0 Å². The van der Waals surface area contributed by atoms with Crippen molar-refractivity contribution < 1.29 is 14.7 Å². The molecular formula is C19H28N2O2. The third-order valence-electron chi connectivity index (χ3n) is 8.43. The molecule has 0 aromatic heterocycles. The van der Waals surface area contributed by atoms with Gasteiger partial charge in [-0.05, 0) is 73.5 Å². The summed E-state index contributed by atoms with van der Waals surface area (Å²) in [6.07, 6.45) is 7.75. The number of aliphatic hydroxyl groups is 1. The highest BCUT2D eigenvalue weighted by Crippen LogP contribution is 2.65. The molecule has 4 heteroatoms. The molecule has 4 aliphatic rings. The van der Waals surface area contributed by atoms with E-state index in [1.165, 1.54) is 0 Å². The number of hydrogen-bond donors (Lipinski definition) is 1. The van der Waals surface area contributed by atoms with E-state index < -0.39 is 0 Å². The number of ketones is 1. The third-order valence-corrected chi connectivity index (χ3v) is 8.43. The van der Waals surface area contributed by atoms with Crippen LogP contribution in [0.3, 0.4) is 0 Å². The predicted molar refractivity (Wildman–Crippen MR) is 86.8 cm³/mol. The van der Waals surface area contributed by atoms with E-state index in [4.69, 9.17) is 0 Å². The summed E-state index contributed by atoms with van der Waals surface area (Å²) >= 11 is 0. The standard InChI is InChI=1S/C19H28N2O2/c1-18-10-8-15(22)17(21-20)14(18)4-3-11-12-5-6-16(23)19(12,2)9-7-13(11)18/h11-14,16,23H,3-10H2,1-2H3/t11-,12-,13-,14-,16-,18+,19-/m0/s1. The van der Waals surface area contributed by atoms with Crippen molar-refractivity contribution >= 4 is 11.5 Å². The van der Waals surface area contributed by atoms with Crippen molar-refractivity contribution in [3.8, 4) is 0 Å². The van der Waals surface area contributed by atoms with Crippen molar-refractivity contribution in [1.82, 2.24) is 0 Å². The molecule has 4 fully saturated rings. The number of carbonyl (C=O) groups excluding carboxylic acids is 1. The lowest BCUT2D eigenvalue weighted by molar-refractivity contribution is -0.135. The second kappa shape index (κ2) is 5.00. The summed E-state index contributed by atoms with van der Waals surface area (Å²) in [6.45, 7) is 4.63. The van der Waals surface area contributed by atoms with Gasteiger partial charge in [0.2, 0.25) is 5.78 Å². The molecule has 4 rings (SSSR count). The first-order valence-corrected chi connectivity index (χ1v) is 9.35. The van der Waals surface area contributed by atoms with Crippen molar-refractivity contribution in [2.45, 2.75) is 71.3 Å². The summed E-state index contributed by atoms with van der Waals surface area (Å²) in [4.78, 5) is 15.6. The van der Waals surface area contributed by atoms with Crippen LogP contribution in [0.5, 0.6) is 0 Å². The van der Waals surface area contributed by atoms with Gasteiger partial charge in [-0.2, -0.15) is 4.79 Å². The van der Waals surface area contributed by atoms with E-state index in [-0.39, 0.29) is 28.6 Å². The molecule has 23 heavy (non-hydrogen) atoms. The fourth-order valence-electron chi connectivity index (χ4n) is 7.07. The van der Waals surface area contributed by atoms with Gasteiger partial charge in [0.15, 0.2) is 0 Å². The molecule has 0 saturated heterocycles. The van der Waals surface area contributed by atoms with E-state index in [0.29, 0.717) is 29.9 Å². The molecule has 0 aromatic rings. The molecular weight excluding hydrogens is 288 g/mol. The van der Waals surface area contributed by atoms with Crippen molar-refractivity contribution in [1.29, 1.82) is 0 Å². The Bertz CT molecular complexity index is 596. The van der Waals surface area contributed by atoms with Crippen molar-refractivity contribution in [3.05, 3.63) is 5.53 Å². The average molecular weight is 316 g/mol. The minimum Gasteiger partial charge on any atom is -0.393 e. The molecule has 1 N–H and O–H groups in total. The van der Waals surface area contributed by atoms with Crippen LogP contribution in [-0.4, -0.2) is 27.5 Å². The quantitative estimate of drug-likeness (QED) is 0.550. The minimum atomic E-state index is -0.138. The van der Waals surface area contributed by atoms with Gasteiger partial charge in [0.05, 0.1) is 12.0 Å². The highest BCUT2D eigenvalue weighted by atomic mass is 16.3. The highest BCUT2D eigenvalue weighted by molar-refractivity contribution is 6.39. The molecule has 0 unspecified atom stereocenters. The average Bonchev–Trinajstić information content (AvgIpc) is 2.83. The number of rotatable bonds is 0. The predicted octanol–water partition coefficient (Wildman–Crippen LogP) is 3.24. The van der Waals surface area contributed by atoms with Gasteiger partial charge in [0, 0.05) is 6.42 Å². The second-order valence-corrected chi connectivity index (χ2v) is 9.06. The van der Waals surface area contributed by atoms with Crippen LogP contribution in [-0.2, 0) is 4.79 Å². The largest absolute Gasteiger partial charge is 0.393 e. The summed E-state index contributed by atoms with van der Waals surface area (Å²) < 4.78 is 0. The molecule has 7 atom stereocenters.